The molecule has 0 fully saturated rings. The molecule has 0 radical (unpaired) electrons. The molecule has 0 aromatic heterocycles. The summed E-state index contributed by atoms with van der Waals surface area (Å²) in [5.74, 6) is -1.31. The molecule has 0 amide bonds. The summed E-state index contributed by atoms with van der Waals surface area (Å²) in [6.07, 6.45) is 0. The van der Waals surface area contributed by atoms with Gasteiger partial charge in [0.1, 0.15) is 11.3 Å². The zero-order valence-corrected chi connectivity index (χ0v) is 9.07. The predicted molar refractivity (Wildman–Crippen MR) is 41.5 cm³/mol. The molecule has 62 valence electrons. The number of hydrogen-bond donors (Lipinski definition) is 2. The molecule has 1 rings (SSSR count). The van der Waals surface area contributed by atoms with Gasteiger partial charge < -0.3 is 10.2 Å². The Morgan fingerprint density at radius 2 is 1.75 bits per heavy atom. The van der Waals surface area contributed by atoms with E-state index < -0.39 is 5.97 Å². The molecular weight excluding hydrogens is 235 g/mol. The second-order valence-electron chi connectivity index (χ2n) is 1.82. The zero-order chi connectivity index (χ0) is 7.56. The van der Waals surface area contributed by atoms with E-state index in [1.54, 1.807) is 12.1 Å². The number of aromatic carboxylic acids is 1. The molecule has 1 aromatic rings. The summed E-state index contributed by atoms with van der Waals surface area (Å²) in [7, 11) is 0. The third-order valence-electron chi connectivity index (χ3n) is 1.13. The Kier molecular flexibility index (Phi) is 6.72. The van der Waals surface area contributed by atoms with Gasteiger partial charge >= 0.3 is 5.97 Å². The van der Waals surface area contributed by atoms with Gasteiger partial charge in [0.15, 0.2) is 0 Å². The molecule has 4 heteroatoms. The summed E-state index contributed by atoms with van der Waals surface area (Å²) in [5, 5.41) is 17.3. The third kappa shape index (κ3) is 3.10. The third-order valence-corrected chi connectivity index (χ3v) is 1.13. The number of hydrogen-bond acceptors (Lipinski definition) is 2. The molecule has 3 nitrogen and oxygen atoms in total. The molecule has 2 N–H and O–H groups in total. The van der Waals surface area contributed by atoms with Crippen molar-refractivity contribution in [3.63, 3.8) is 0 Å². The average molecular weight is 244 g/mol. The van der Waals surface area contributed by atoms with Crippen LogP contribution in [0.4, 0.5) is 0 Å². The minimum absolute atomic E-state index is 0. The molecule has 1 aromatic carbocycles. The molecule has 12 heavy (non-hydrogen) atoms. The van der Waals surface area contributed by atoms with Crippen molar-refractivity contribution < 1.29 is 41.2 Å². The number of para-hydroxylation sites is 1. The van der Waals surface area contributed by atoms with Crippen LogP contribution >= 0.6 is 0 Å². The number of carbonyl (C=O) groups is 1. The van der Waals surface area contributed by atoms with Gasteiger partial charge in [-0.05, 0) is 12.1 Å². The van der Waals surface area contributed by atoms with E-state index >= 15 is 0 Å². The Balaban J connectivity index is 0. The van der Waals surface area contributed by atoms with Crippen LogP contribution in [0, 0.1) is 7.43 Å². The summed E-state index contributed by atoms with van der Waals surface area (Å²) in [6.45, 7) is 0. The maximum atomic E-state index is 10.3. The number of benzene rings is 1. The van der Waals surface area contributed by atoms with Crippen LogP contribution in [0.3, 0.4) is 0 Å². The van der Waals surface area contributed by atoms with E-state index in [9.17, 15) is 4.79 Å². The first kappa shape index (κ1) is 13.8. The molecule has 0 aliphatic rings. The summed E-state index contributed by atoms with van der Waals surface area (Å²) >= 11 is 0. The first-order chi connectivity index (χ1) is 4.72. The van der Waals surface area contributed by atoms with Crippen LogP contribution in [0.1, 0.15) is 10.4 Å². The van der Waals surface area contributed by atoms with E-state index in [2.05, 4.69) is 0 Å². The van der Waals surface area contributed by atoms with Crippen LogP contribution in [-0.2, 0) is 26.2 Å². The van der Waals surface area contributed by atoms with E-state index in [-0.39, 0.29) is 44.9 Å². The van der Waals surface area contributed by atoms with Crippen molar-refractivity contribution in [3.05, 3.63) is 37.3 Å². The number of phenols is 1. The summed E-state index contributed by atoms with van der Waals surface area (Å²) < 4.78 is 0. The maximum Gasteiger partial charge on any atom is 0.339 e. The van der Waals surface area contributed by atoms with Crippen molar-refractivity contribution >= 4 is 5.97 Å². The molecule has 0 unspecified atom stereocenters. The second kappa shape index (κ2) is 5.84. The van der Waals surface area contributed by atoms with Gasteiger partial charge in [0.05, 0.1) is 0 Å². The fourth-order valence-electron chi connectivity index (χ4n) is 0.654. The minimum Gasteiger partial charge on any atom is -0.507 e. The molecular formula is C8H9O3Zr+. The first-order valence-corrected chi connectivity index (χ1v) is 2.73. The van der Waals surface area contributed by atoms with Crippen LogP contribution in [0.25, 0.3) is 0 Å². The van der Waals surface area contributed by atoms with Crippen LogP contribution in [0.2, 0.25) is 0 Å². The van der Waals surface area contributed by atoms with Gasteiger partial charge in [-0.3, -0.25) is 0 Å². The number of carboxylic acid groups (broad SMARTS) is 1. The summed E-state index contributed by atoms with van der Waals surface area (Å²) in [4.78, 5) is 10.3. The Hall–Kier alpha value is -0.757. The van der Waals surface area contributed by atoms with E-state index in [4.69, 9.17) is 10.2 Å². The number of aromatic hydroxyl groups is 1. The summed E-state index contributed by atoms with van der Waals surface area (Å²) in [6, 6.07) is 5.81. The van der Waals surface area contributed by atoms with Gasteiger partial charge in [-0.1, -0.05) is 12.1 Å². The van der Waals surface area contributed by atoms with Crippen molar-refractivity contribution in [2.75, 3.05) is 0 Å². The quantitative estimate of drug-likeness (QED) is 0.737. The Morgan fingerprint density at radius 3 is 2.08 bits per heavy atom. The van der Waals surface area contributed by atoms with Crippen molar-refractivity contribution in [1.29, 1.82) is 0 Å². The van der Waals surface area contributed by atoms with Gasteiger partial charge in [0.25, 0.3) is 0 Å². The van der Waals surface area contributed by atoms with Crippen molar-refractivity contribution in [3.8, 4) is 5.75 Å². The van der Waals surface area contributed by atoms with Crippen molar-refractivity contribution in [2.45, 2.75) is 0 Å². The van der Waals surface area contributed by atoms with Crippen LogP contribution in [-0.4, -0.2) is 16.2 Å². The molecule has 0 spiro atoms. The maximum absolute atomic E-state index is 10.3. The normalized spacial score (nSPS) is 7.67. The smallest absolute Gasteiger partial charge is 0.339 e. The standard InChI is InChI=1S/C7H6O3.CH3.Zr/c8-6-4-2-1-3-5(6)7(9)10;;/h1-4,8H,(H,9,10);1H3;/q;+1;. The fourth-order valence-corrected chi connectivity index (χ4v) is 0.654. The van der Waals surface area contributed by atoms with Gasteiger partial charge in [0.2, 0.25) is 0 Å². The van der Waals surface area contributed by atoms with Crippen LogP contribution < -0.4 is 0 Å². The second-order valence-corrected chi connectivity index (χ2v) is 1.82. The SMILES string of the molecule is O=C(O)c1ccccc1O.[CH3+].[Zr]. The number of rotatable bonds is 1. The van der Waals surface area contributed by atoms with Gasteiger partial charge in [-0.15, -0.1) is 0 Å². The van der Waals surface area contributed by atoms with Gasteiger partial charge in [-0.25, -0.2) is 4.79 Å². The Bertz CT molecular complexity index is 260. The minimum atomic E-state index is -1.11. The molecule has 0 saturated carbocycles. The summed E-state index contributed by atoms with van der Waals surface area (Å²) in [5.41, 5.74) is -0.0671. The van der Waals surface area contributed by atoms with E-state index in [1.807, 2.05) is 0 Å². The van der Waals surface area contributed by atoms with Crippen LogP contribution in [0.5, 0.6) is 5.75 Å². The predicted octanol–water partition coefficient (Wildman–Crippen LogP) is 1.54. The molecule has 0 bridgehead atoms. The monoisotopic (exact) mass is 243 g/mol. The molecule has 0 aliphatic carbocycles. The van der Waals surface area contributed by atoms with E-state index in [1.165, 1.54) is 12.1 Å². The zero-order valence-electron chi connectivity index (χ0n) is 6.61. The molecule has 0 heterocycles. The fraction of sp³-hybridized carbons (Fsp3) is 0. The van der Waals surface area contributed by atoms with Gasteiger partial charge in [-0.2, -0.15) is 0 Å². The molecule has 0 saturated heterocycles. The largest absolute Gasteiger partial charge is 0.507 e. The van der Waals surface area contributed by atoms with Crippen LogP contribution in [0.15, 0.2) is 24.3 Å². The van der Waals surface area contributed by atoms with Gasteiger partial charge in [0, 0.05) is 33.6 Å². The Morgan fingerprint density at radius 1 is 1.25 bits per heavy atom. The molecule has 0 aliphatic heterocycles. The van der Waals surface area contributed by atoms with Crippen molar-refractivity contribution in [2.24, 2.45) is 0 Å². The van der Waals surface area contributed by atoms with E-state index in [0.717, 1.165) is 0 Å². The number of carboxylic acids is 1. The molecule has 0 atom stereocenters. The van der Waals surface area contributed by atoms with E-state index in [0.29, 0.717) is 0 Å². The topological polar surface area (TPSA) is 57.5 Å². The van der Waals surface area contributed by atoms with Crippen molar-refractivity contribution in [1.82, 2.24) is 0 Å². The average Bonchev–Trinajstić information content (AvgIpc) is 1.88. The first-order valence-electron chi connectivity index (χ1n) is 2.73. The Labute approximate surface area is 90.2 Å².